The van der Waals surface area contributed by atoms with Crippen molar-refractivity contribution in [3.63, 3.8) is 0 Å². The molecule has 1 N–H and O–H groups in total. The molecule has 2 heteroatoms. The van der Waals surface area contributed by atoms with E-state index in [1.54, 1.807) is 0 Å². The van der Waals surface area contributed by atoms with Crippen LogP contribution in [-0.4, -0.2) is 12.0 Å². The minimum absolute atomic E-state index is 0.384. The molecule has 2 rings (SSSR count). The summed E-state index contributed by atoms with van der Waals surface area (Å²) in [4.78, 5) is 4.30. The Bertz CT molecular complexity index is 578. The Balaban J connectivity index is 2.24. The van der Waals surface area contributed by atoms with E-state index in [4.69, 9.17) is 0 Å². The summed E-state index contributed by atoms with van der Waals surface area (Å²) in [6.07, 6.45) is 6.25. The molecule has 0 radical (unpaired) electrons. The lowest BCUT2D eigenvalue weighted by atomic mass is 9.81. The third-order valence-corrected chi connectivity index (χ3v) is 4.04. The van der Waals surface area contributed by atoms with E-state index in [0.717, 1.165) is 6.42 Å². The highest BCUT2D eigenvalue weighted by molar-refractivity contribution is 5.85. The molecule has 0 saturated heterocycles. The Labute approximate surface area is 129 Å². The summed E-state index contributed by atoms with van der Waals surface area (Å²) in [6, 6.07) is 9.01. The highest BCUT2D eigenvalue weighted by atomic mass is 14.9. The lowest BCUT2D eigenvalue weighted by Crippen LogP contribution is -2.21. The molecular weight excluding hydrogens is 256 g/mol. The topological polar surface area (TPSA) is 24.9 Å². The van der Waals surface area contributed by atoms with Crippen LogP contribution in [0.5, 0.6) is 0 Å². The molecule has 2 atom stereocenters. The van der Waals surface area contributed by atoms with Gasteiger partial charge in [-0.05, 0) is 48.2 Å². The zero-order chi connectivity index (χ0) is 15.5. The van der Waals surface area contributed by atoms with Crippen LogP contribution >= 0.6 is 0 Å². The number of hydrogen-bond donors (Lipinski definition) is 1. The largest absolute Gasteiger partial charge is 0.313 e. The zero-order valence-corrected chi connectivity index (χ0v) is 14.0. The number of benzene rings is 1. The summed E-state index contributed by atoms with van der Waals surface area (Å²) in [6.45, 7) is 9.32. The number of nitrogens with one attached hydrogen (secondary N) is 1. The number of nitrogens with zero attached hydrogens (tertiary/aromatic N) is 1. The second-order valence-corrected chi connectivity index (χ2v) is 7.39. The number of pyridine rings is 1. The number of aromatic nitrogens is 1. The van der Waals surface area contributed by atoms with Crippen LogP contribution in [0.1, 0.15) is 52.1 Å². The second kappa shape index (κ2) is 6.57. The van der Waals surface area contributed by atoms with Crippen molar-refractivity contribution in [3.05, 3.63) is 42.2 Å². The minimum Gasteiger partial charge on any atom is -0.313 e. The molecule has 2 aromatic rings. The van der Waals surface area contributed by atoms with E-state index in [-0.39, 0.29) is 0 Å². The molecule has 21 heavy (non-hydrogen) atoms. The van der Waals surface area contributed by atoms with Crippen LogP contribution in [0.2, 0.25) is 0 Å². The van der Waals surface area contributed by atoms with Crippen molar-refractivity contribution in [1.29, 1.82) is 0 Å². The van der Waals surface area contributed by atoms with Gasteiger partial charge in [0.25, 0.3) is 0 Å². The van der Waals surface area contributed by atoms with Gasteiger partial charge in [-0.3, -0.25) is 4.98 Å². The molecule has 2 nitrogen and oxygen atoms in total. The van der Waals surface area contributed by atoms with Gasteiger partial charge in [-0.1, -0.05) is 45.9 Å². The SMILES string of the molecule is CNC(CC(C)CC(C)(C)C)c1cccc2ccncc12. The molecular formula is C19H28N2. The summed E-state index contributed by atoms with van der Waals surface area (Å²) < 4.78 is 0. The summed E-state index contributed by atoms with van der Waals surface area (Å²) in [5, 5.41) is 6.04. The van der Waals surface area contributed by atoms with E-state index in [0.29, 0.717) is 17.4 Å². The van der Waals surface area contributed by atoms with E-state index in [9.17, 15) is 0 Å². The Morgan fingerprint density at radius 2 is 1.95 bits per heavy atom. The molecule has 1 aromatic carbocycles. The monoisotopic (exact) mass is 284 g/mol. The first-order chi connectivity index (χ1) is 9.90. The van der Waals surface area contributed by atoms with Crippen LogP contribution in [-0.2, 0) is 0 Å². The predicted octanol–water partition coefficient (Wildman–Crippen LogP) is 4.96. The van der Waals surface area contributed by atoms with Gasteiger partial charge in [-0.15, -0.1) is 0 Å². The van der Waals surface area contributed by atoms with E-state index < -0.39 is 0 Å². The van der Waals surface area contributed by atoms with Crippen LogP contribution in [0, 0.1) is 11.3 Å². The summed E-state index contributed by atoms with van der Waals surface area (Å²) in [5.41, 5.74) is 1.75. The second-order valence-electron chi connectivity index (χ2n) is 7.39. The number of rotatable bonds is 5. The van der Waals surface area contributed by atoms with Gasteiger partial charge in [0.1, 0.15) is 0 Å². The molecule has 114 valence electrons. The lowest BCUT2D eigenvalue weighted by Gasteiger charge is -2.27. The van der Waals surface area contributed by atoms with E-state index in [1.165, 1.54) is 22.8 Å². The van der Waals surface area contributed by atoms with Crippen molar-refractivity contribution < 1.29 is 0 Å². The van der Waals surface area contributed by atoms with Crippen molar-refractivity contribution in [1.82, 2.24) is 10.3 Å². The van der Waals surface area contributed by atoms with Gasteiger partial charge >= 0.3 is 0 Å². The maximum Gasteiger partial charge on any atom is 0.0349 e. The van der Waals surface area contributed by atoms with Gasteiger partial charge in [0.15, 0.2) is 0 Å². The third kappa shape index (κ3) is 4.28. The van der Waals surface area contributed by atoms with Gasteiger partial charge in [0.05, 0.1) is 0 Å². The Morgan fingerprint density at radius 3 is 2.62 bits per heavy atom. The van der Waals surface area contributed by atoms with E-state index in [2.05, 4.69) is 69.3 Å². The van der Waals surface area contributed by atoms with Gasteiger partial charge in [0, 0.05) is 23.8 Å². The molecule has 0 aliphatic heterocycles. The smallest absolute Gasteiger partial charge is 0.0349 e. The Morgan fingerprint density at radius 1 is 1.19 bits per heavy atom. The summed E-state index contributed by atoms with van der Waals surface area (Å²) in [5.74, 6) is 0.689. The van der Waals surface area contributed by atoms with Gasteiger partial charge in [-0.25, -0.2) is 0 Å². The average Bonchev–Trinajstić information content (AvgIpc) is 2.42. The normalized spacial score (nSPS) is 15.1. The molecule has 1 aromatic heterocycles. The van der Waals surface area contributed by atoms with Crippen LogP contribution < -0.4 is 5.32 Å². The third-order valence-electron chi connectivity index (χ3n) is 4.04. The highest BCUT2D eigenvalue weighted by Gasteiger charge is 2.20. The molecule has 0 amide bonds. The molecule has 0 bridgehead atoms. The molecule has 0 aliphatic rings. The Kier molecular flexibility index (Phi) is 5.00. The first kappa shape index (κ1) is 16.0. The zero-order valence-electron chi connectivity index (χ0n) is 14.0. The van der Waals surface area contributed by atoms with Crippen molar-refractivity contribution in [2.24, 2.45) is 11.3 Å². The van der Waals surface area contributed by atoms with Crippen molar-refractivity contribution >= 4 is 10.8 Å². The fourth-order valence-electron chi connectivity index (χ4n) is 3.37. The van der Waals surface area contributed by atoms with Crippen LogP contribution in [0.25, 0.3) is 10.8 Å². The predicted molar refractivity (Wildman–Crippen MR) is 91.4 cm³/mol. The molecule has 0 fully saturated rings. The highest BCUT2D eigenvalue weighted by Crippen LogP contribution is 2.32. The summed E-state index contributed by atoms with van der Waals surface area (Å²) in [7, 11) is 2.06. The number of fused-ring (bicyclic) bond motifs is 1. The first-order valence-electron chi connectivity index (χ1n) is 7.90. The number of hydrogen-bond acceptors (Lipinski definition) is 2. The van der Waals surface area contributed by atoms with E-state index >= 15 is 0 Å². The quantitative estimate of drug-likeness (QED) is 0.839. The standard InChI is InChI=1S/C19H28N2/c1-14(12-19(2,3)4)11-18(20-5)16-8-6-7-15-9-10-21-13-17(15)16/h6-10,13-14,18,20H,11-12H2,1-5H3. The summed E-state index contributed by atoms with van der Waals surface area (Å²) >= 11 is 0. The molecule has 0 aliphatic carbocycles. The van der Waals surface area contributed by atoms with E-state index in [1.807, 2.05) is 12.4 Å². The van der Waals surface area contributed by atoms with Crippen molar-refractivity contribution in [2.75, 3.05) is 7.05 Å². The molecule has 0 saturated carbocycles. The average molecular weight is 284 g/mol. The lowest BCUT2D eigenvalue weighted by molar-refractivity contribution is 0.279. The van der Waals surface area contributed by atoms with Crippen LogP contribution in [0.3, 0.4) is 0 Å². The fourth-order valence-corrected chi connectivity index (χ4v) is 3.37. The molecule has 0 spiro atoms. The van der Waals surface area contributed by atoms with Crippen molar-refractivity contribution in [3.8, 4) is 0 Å². The maximum atomic E-state index is 4.30. The van der Waals surface area contributed by atoms with Gasteiger partial charge < -0.3 is 5.32 Å². The van der Waals surface area contributed by atoms with Crippen LogP contribution in [0.15, 0.2) is 36.7 Å². The maximum absolute atomic E-state index is 4.30. The van der Waals surface area contributed by atoms with Crippen LogP contribution in [0.4, 0.5) is 0 Å². The molecule has 1 heterocycles. The fraction of sp³-hybridized carbons (Fsp3) is 0.526. The minimum atomic E-state index is 0.384. The van der Waals surface area contributed by atoms with Crippen molar-refractivity contribution in [2.45, 2.75) is 46.6 Å². The van der Waals surface area contributed by atoms with Gasteiger partial charge in [-0.2, -0.15) is 0 Å². The Hall–Kier alpha value is -1.41. The first-order valence-corrected chi connectivity index (χ1v) is 7.90. The van der Waals surface area contributed by atoms with Gasteiger partial charge in [0.2, 0.25) is 0 Å². The molecule has 2 unspecified atom stereocenters.